The Labute approximate surface area is 118 Å². The number of nitrogens with zero attached hydrogens (tertiary/aromatic N) is 1. The molecule has 3 amide bonds. The Morgan fingerprint density at radius 3 is 2.45 bits per heavy atom. The Balaban J connectivity index is 1.78. The van der Waals surface area contributed by atoms with Gasteiger partial charge in [-0.3, -0.25) is 14.9 Å². The third kappa shape index (κ3) is 3.95. The van der Waals surface area contributed by atoms with Gasteiger partial charge in [-0.05, 0) is 24.7 Å². The fourth-order valence-electron chi connectivity index (χ4n) is 3.27. The van der Waals surface area contributed by atoms with Gasteiger partial charge in [0.1, 0.15) is 0 Å². The number of carboxylic acid groups (broad SMARTS) is 1. The van der Waals surface area contributed by atoms with Gasteiger partial charge in [0.05, 0.1) is 6.42 Å². The molecule has 6 heteroatoms. The van der Waals surface area contributed by atoms with Crippen LogP contribution in [0.4, 0.5) is 4.79 Å². The molecule has 2 rings (SSSR count). The zero-order valence-corrected chi connectivity index (χ0v) is 11.6. The normalized spacial score (nSPS) is 25.7. The lowest BCUT2D eigenvalue weighted by molar-refractivity contribution is -0.138. The highest BCUT2D eigenvalue weighted by Crippen LogP contribution is 2.35. The Morgan fingerprint density at radius 1 is 1.05 bits per heavy atom. The predicted molar refractivity (Wildman–Crippen MR) is 72.0 cm³/mol. The van der Waals surface area contributed by atoms with Gasteiger partial charge in [-0.2, -0.15) is 0 Å². The number of fused-ring (bicyclic) bond motifs is 1. The molecule has 0 radical (unpaired) electrons. The highest BCUT2D eigenvalue weighted by molar-refractivity contribution is 5.95. The Morgan fingerprint density at radius 2 is 1.75 bits per heavy atom. The number of urea groups is 1. The first-order valence-corrected chi connectivity index (χ1v) is 7.37. The van der Waals surface area contributed by atoms with E-state index in [4.69, 9.17) is 5.11 Å². The number of hydrogen-bond donors (Lipinski definition) is 2. The average molecular weight is 282 g/mol. The zero-order chi connectivity index (χ0) is 14.5. The van der Waals surface area contributed by atoms with Crippen LogP contribution in [0, 0.1) is 11.8 Å². The Kier molecular flexibility index (Phi) is 4.98. The van der Waals surface area contributed by atoms with E-state index in [0.717, 1.165) is 18.9 Å². The van der Waals surface area contributed by atoms with Crippen LogP contribution in [0.2, 0.25) is 0 Å². The molecule has 2 atom stereocenters. The van der Waals surface area contributed by atoms with Crippen LogP contribution < -0.4 is 5.32 Å². The number of piperidine rings is 1. The maximum absolute atomic E-state index is 12.0. The average Bonchev–Trinajstić information content (AvgIpc) is 2.44. The van der Waals surface area contributed by atoms with Crippen molar-refractivity contribution in [3.05, 3.63) is 0 Å². The van der Waals surface area contributed by atoms with Crippen LogP contribution in [0.25, 0.3) is 0 Å². The zero-order valence-electron chi connectivity index (χ0n) is 11.6. The van der Waals surface area contributed by atoms with E-state index in [1.54, 1.807) is 4.90 Å². The second kappa shape index (κ2) is 6.72. The molecule has 6 nitrogen and oxygen atoms in total. The Bertz CT molecular complexity index is 397. The van der Waals surface area contributed by atoms with Crippen LogP contribution in [-0.4, -0.2) is 41.0 Å². The molecule has 1 heterocycles. The molecule has 112 valence electrons. The first kappa shape index (κ1) is 14.8. The molecular weight excluding hydrogens is 260 g/mol. The molecule has 0 bridgehead atoms. The topological polar surface area (TPSA) is 86.7 Å². The fourth-order valence-corrected chi connectivity index (χ4v) is 3.27. The van der Waals surface area contributed by atoms with E-state index >= 15 is 0 Å². The molecule has 2 unspecified atom stereocenters. The summed E-state index contributed by atoms with van der Waals surface area (Å²) in [6.07, 6.45) is 5.57. The van der Waals surface area contributed by atoms with Crippen molar-refractivity contribution in [3.63, 3.8) is 0 Å². The second-order valence-electron chi connectivity index (χ2n) is 5.79. The van der Waals surface area contributed by atoms with Crippen LogP contribution in [0.5, 0.6) is 0 Å². The minimum absolute atomic E-state index is 0.152. The predicted octanol–water partition coefficient (Wildman–Crippen LogP) is 1.60. The van der Waals surface area contributed by atoms with Crippen LogP contribution in [0.3, 0.4) is 0 Å². The summed E-state index contributed by atoms with van der Waals surface area (Å²) >= 11 is 0. The summed E-state index contributed by atoms with van der Waals surface area (Å²) < 4.78 is 0. The highest BCUT2D eigenvalue weighted by Gasteiger charge is 2.33. The van der Waals surface area contributed by atoms with Crippen LogP contribution >= 0.6 is 0 Å². The van der Waals surface area contributed by atoms with E-state index < -0.39 is 11.9 Å². The number of aliphatic carboxylic acids is 1. The lowest BCUT2D eigenvalue weighted by Gasteiger charge is -2.41. The van der Waals surface area contributed by atoms with Gasteiger partial charge in [0, 0.05) is 19.5 Å². The Hall–Kier alpha value is -1.59. The molecule has 1 saturated heterocycles. The maximum atomic E-state index is 12.0. The van der Waals surface area contributed by atoms with Crippen molar-refractivity contribution in [3.8, 4) is 0 Å². The minimum atomic E-state index is -1.03. The van der Waals surface area contributed by atoms with Crippen molar-refractivity contribution in [2.75, 3.05) is 13.1 Å². The van der Waals surface area contributed by atoms with E-state index in [-0.39, 0.29) is 18.9 Å². The van der Waals surface area contributed by atoms with Gasteiger partial charge in [-0.1, -0.05) is 19.3 Å². The number of likely N-dealkylation sites (tertiary alicyclic amines) is 1. The molecule has 0 spiro atoms. The molecule has 2 fully saturated rings. The smallest absolute Gasteiger partial charge is 0.324 e. The number of carboxylic acids is 1. The van der Waals surface area contributed by atoms with E-state index in [1.165, 1.54) is 25.7 Å². The first-order valence-electron chi connectivity index (χ1n) is 7.37. The molecule has 2 aliphatic rings. The second-order valence-corrected chi connectivity index (χ2v) is 5.79. The molecule has 0 aromatic heterocycles. The third-order valence-electron chi connectivity index (χ3n) is 4.39. The fraction of sp³-hybridized carbons (Fsp3) is 0.786. The third-order valence-corrected chi connectivity index (χ3v) is 4.39. The summed E-state index contributed by atoms with van der Waals surface area (Å²) in [7, 11) is 0. The van der Waals surface area contributed by atoms with Gasteiger partial charge in [0.25, 0.3) is 0 Å². The summed E-state index contributed by atoms with van der Waals surface area (Å²) in [5.74, 6) is -0.244. The standard InChI is InChI=1S/C14H22N2O4/c17-12(5-6-13(18)19)15-14(20)16-8-7-10-3-1-2-4-11(10)9-16/h10-11H,1-9H2,(H,18,19)(H,15,17,20). The summed E-state index contributed by atoms with van der Waals surface area (Å²) in [5.41, 5.74) is 0. The van der Waals surface area contributed by atoms with Crippen molar-refractivity contribution < 1.29 is 19.5 Å². The van der Waals surface area contributed by atoms with Gasteiger partial charge in [-0.25, -0.2) is 4.79 Å². The molecule has 2 N–H and O–H groups in total. The molecule has 1 aliphatic carbocycles. The van der Waals surface area contributed by atoms with Crippen molar-refractivity contribution in [2.24, 2.45) is 11.8 Å². The van der Waals surface area contributed by atoms with Gasteiger partial charge in [-0.15, -0.1) is 0 Å². The van der Waals surface area contributed by atoms with E-state index in [1.807, 2.05) is 0 Å². The number of carbonyl (C=O) groups excluding carboxylic acids is 2. The summed E-state index contributed by atoms with van der Waals surface area (Å²) in [6, 6.07) is -0.371. The number of nitrogens with one attached hydrogen (secondary N) is 1. The van der Waals surface area contributed by atoms with Crippen molar-refractivity contribution in [2.45, 2.75) is 44.9 Å². The lowest BCUT2D eigenvalue weighted by atomic mass is 9.75. The van der Waals surface area contributed by atoms with E-state index in [0.29, 0.717) is 12.5 Å². The van der Waals surface area contributed by atoms with Crippen molar-refractivity contribution in [1.82, 2.24) is 10.2 Å². The number of amides is 3. The van der Waals surface area contributed by atoms with Gasteiger partial charge in [0.15, 0.2) is 0 Å². The minimum Gasteiger partial charge on any atom is -0.481 e. The molecule has 20 heavy (non-hydrogen) atoms. The summed E-state index contributed by atoms with van der Waals surface area (Å²) in [4.78, 5) is 35.5. The molecule has 0 aromatic rings. The van der Waals surface area contributed by atoms with E-state index in [2.05, 4.69) is 5.32 Å². The van der Waals surface area contributed by atoms with E-state index in [9.17, 15) is 14.4 Å². The summed E-state index contributed by atoms with van der Waals surface area (Å²) in [6.45, 7) is 1.42. The monoisotopic (exact) mass is 282 g/mol. The maximum Gasteiger partial charge on any atom is 0.324 e. The number of rotatable bonds is 3. The van der Waals surface area contributed by atoms with Crippen LogP contribution in [0.1, 0.15) is 44.9 Å². The van der Waals surface area contributed by atoms with Gasteiger partial charge < -0.3 is 10.0 Å². The number of imide groups is 1. The SMILES string of the molecule is O=C(O)CCC(=O)NC(=O)N1CCC2CCCCC2C1. The highest BCUT2D eigenvalue weighted by atomic mass is 16.4. The molecule has 1 aliphatic heterocycles. The van der Waals surface area contributed by atoms with Gasteiger partial charge in [0.2, 0.25) is 5.91 Å². The summed E-state index contributed by atoms with van der Waals surface area (Å²) in [5, 5.41) is 10.8. The number of carbonyl (C=O) groups is 3. The van der Waals surface area contributed by atoms with Crippen LogP contribution in [-0.2, 0) is 9.59 Å². The molecule has 0 aromatic carbocycles. The first-order chi connectivity index (χ1) is 9.56. The van der Waals surface area contributed by atoms with Crippen LogP contribution in [0.15, 0.2) is 0 Å². The van der Waals surface area contributed by atoms with Crippen molar-refractivity contribution in [1.29, 1.82) is 0 Å². The largest absolute Gasteiger partial charge is 0.481 e. The van der Waals surface area contributed by atoms with Crippen molar-refractivity contribution >= 4 is 17.9 Å². The number of hydrogen-bond acceptors (Lipinski definition) is 3. The lowest BCUT2D eigenvalue weighted by Crippen LogP contribution is -2.50. The molecule has 1 saturated carbocycles. The quantitative estimate of drug-likeness (QED) is 0.823. The molecular formula is C14H22N2O4. The van der Waals surface area contributed by atoms with Gasteiger partial charge >= 0.3 is 12.0 Å².